The molecule has 0 bridgehead atoms. The lowest BCUT2D eigenvalue weighted by atomic mass is 10.1. The lowest BCUT2D eigenvalue weighted by Gasteiger charge is -2.18. The molecule has 0 amide bonds. The van der Waals surface area contributed by atoms with Crippen LogP contribution in [0.25, 0.3) is 0 Å². The quantitative estimate of drug-likeness (QED) is 0.278. The third kappa shape index (κ3) is 10.9. The van der Waals surface area contributed by atoms with Crippen molar-refractivity contribution in [1.82, 2.24) is 0 Å². The van der Waals surface area contributed by atoms with Gasteiger partial charge in [0.25, 0.3) is 0 Å². The Morgan fingerprint density at radius 3 is 2.42 bits per heavy atom. The average Bonchev–Trinajstić information content (AvgIpc) is 2.29. The zero-order chi connectivity index (χ0) is 14.9. The van der Waals surface area contributed by atoms with Gasteiger partial charge in [-0.2, -0.15) is 0 Å². The molecule has 0 spiro atoms. The molecular formula is C12H23O6P. The third-order valence-corrected chi connectivity index (χ3v) is 2.92. The summed E-state index contributed by atoms with van der Waals surface area (Å²) in [5.74, 6) is -0.574. The molecule has 0 saturated heterocycles. The van der Waals surface area contributed by atoms with Crippen LogP contribution in [-0.4, -0.2) is 28.5 Å². The Bertz CT molecular complexity index is 335. The van der Waals surface area contributed by atoms with Crippen molar-refractivity contribution in [3.8, 4) is 0 Å². The van der Waals surface area contributed by atoms with Gasteiger partial charge >= 0.3 is 13.8 Å². The van der Waals surface area contributed by atoms with Crippen LogP contribution in [0.5, 0.6) is 0 Å². The molecule has 0 aromatic heterocycles. The van der Waals surface area contributed by atoms with E-state index in [2.05, 4.69) is 18.0 Å². The standard InChI is InChI=1S/C12H23O6P/c1-4-5-6-7-8-11(9-17-19(14,15)16)18-12(13)10(2)3/h11H,2,4-9H2,1,3H3,(H2,14,15,16). The number of hydrogen-bond donors (Lipinski definition) is 2. The van der Waals surface area contributed by atoms with Crippen molar-refractivity contribution >= 4 is 13.8 Å². The van der Waals surface area contributed by atoms with Crippen LogP contribution in [0, 0.1) is 0 Å². The highest BCUT2D eigenvalue weighted by molar-refractivity contribution is 7.46. The van der Waals surface area contributed by atoms with E-state index in [4.69, 9.17) is 14.5 Å². The summed E-state index contributed by atoms with van der Waals surface area (Å²) in [6, 6.07) is 0. The zero-order valence-corrected chi connectivity index (χ0v) is 12.4. The largest absolute Gasteiger partial charge is 0.469 e. The molecule has 7 heteroatoms. The van der Waals surface area contributed by atoms with Crippen molar-refractivity contribution in [2.45, 2.75) is 52.1 Å². The van der Waals surface area contributed by atoms with Crippen molar-refractivity contribution in [3.63, 3.8) is 0 Å². The number of carbonyl (C=O) groups is 1. The van der Waals surface area contributed by atoms with Gasteiger partial charge in [0.1, 0.15) is 6.10 Å². The van der Waals surface area contributed by atoms with Crippen LogP contribution in [0.2, 0.25) is 0 Å². The Labute approximate surface area is 114 Å². The summed E-state index contributed by atoms with van der Waals surface area (Å²) in [4.78, 5) is 28.7. The summed E-state index contributed by atoms with van der Waals surface area (Å²) in [6.07, 6.45) is 3.79. The zero-order valence-electron chi connectivity index (χ0n) is 11.5. The van der Waals surface area contributed by atoms with Gasteiger partial charge in [0.15, 0.2) is 0 Å². The Hall–Kier alpha value is -0.680. The van der Waals surface area contributed by atoms with Gasteiger partial charge in [-0.15, -0.1) is 0 Å². The molecule has 0 fully saturated rings. The van der Waals surface area contributed by atoms with Crippen LogP contribution < -0.4 is 0 Å². The van der Waals surface area contributed by atoms with Gasteiger partial charge in [0.2, 0.25) is 0 Å². The second-order valence-corrected chi connectivity index (χ2v) is 5.68. The number of unbranched alkanes of at least 4 members (excludes halogenated alkanes) is 3. The molecule has 0 saturated carbocycles. The first kappa shape index (κ1) is 18.3. The third-order valence-electron chi connectivity index (χ3n) is 2.43. The monoisotopic (exact) mass is 294 g/mol. The van der Waals surface area contributed by atoms with Crippen LogP contribution in [0.1, 0.15) is 46.0 Å². The number of carbonyl (C=O) groups excluding carboxylic acids is 1. The summed E-state index contributed by atoms with van der Waals surface area (Å²) < 4.78 is 20.1. The maximum atomic E-state index is 11.4. The van der Waals surface area contributed by atoms with Gasteiger partial charge in [-0.05, 0) is 19.8 Å². The van der Waals surface area contributed by atoms with Crippen molar-refractivity contribution < 1.29 is 28.4 Å². The lowest BCUT2D eigenvalue weighted by molar-refractivity contribution is -0.146. The first-order valence-electron chi connectivity index (χ1n) is 6.32. The number of phosphoric acid groups is 1. The van der Waals surface area contributed by atoms with Gasteiger partial charge in [0.05, 0.1) is 6.61 Å². The highest BCUT2D eigenvalue weighted by Gasteiger charge is 2.21. The molecule has 0 aliphatic carbocycles. The van der Waals surface area contributed by atoms with Gasteiger partial charge in [-0.3, -0.25) is 4.52 Å². The summed E-state index contributed by atoms with van der Waals surface area (Å²) in [5.41, 5.74) is 0.245. The van der Waals surface area contributed by atoms with Gasteiger partial charge in [-0.25, -0.2) is 9.36 Å². The molecule has 6 nitrogen and oxygen atoms in total. The molecule has 0 aromatic carbocycles. The van der Waals surface area contributed by atoms with E-state index in [-0.39, 0.29) is 12.2 Å². The van der Waals surface area contributed by atoms with E-state index in [0.717, 1.165) is 25.7 Å². The van der Waals surface area contributed by atoms with Crippen LogP contribution in [-0.2, 0) is 18.6 Å². The van der Waals surface area contributed by atoms with Gasteiger partial charge < -0.3 is 14.5 Å². The number of rotatable bonds is 10. The van der Waals surface area contributed by atoms with E-state index < -0.39 is 19.9 Å². The molecule has 0 radical (unpaired) electrons. The summed E-state index contributed by atoms with van der Waals surface area (Å²) in [6.45, 7) is 6.74. The molecule has 0 aliphatic heterocycles. The highest BCUT2D eigenvalue weighted by atomic mass is 31.2. The molecule has 0 heterocycles. The number of esters is 1. The molecule has 1 unspecified atom stereocenters. The molecule has 1 atom stereocenters. The predicted octanol–water partition coefficient (Wildman–Crippen LogP) is 2.55. The Morgan fingerprint density at radius 2 is 1.95 bits per heavy atom. The molecule has 0 rings (SSSR count). The van der Waals surface area contributed by atoms with Crippen LogP contribution in [0.15, 0.2) is 12.2 Å². The molecular weight excluding hydrogens is 271 g/mol. The van der Waals surface area contributed by atoms with E-state index in [1.54, 1.807) is 0 Å². The lowest BCUT2D eigenvalue weighted by Crippen LogP contribution is -2.23. The van der Waals surface area contributed by atoms with E-state index in [9.17, 15) is 9.36 Å². The molecule has 112 valence electrons. The predicted molar refractivity (Wildman–Crippen MR) is 71.4 cm³/mol. The van der Waals surface area contributed by atoms with Gasteiger partial charge in [0, 0.05) is 5.57 Å². The van der Waals surface area contributed by atoms with E-state index >= 15 is 0 Å². The fourth-order valence-corrected chi connectivity index (χ4v) is 1.77. The SMILES string of the molecule is C=C(C)C(=O)OC(CCCCCC)COP(=O)(O)O. The highest BCUT2D eigenvalue weighted by Crippen LogP contribution is 2.36. The number of hydrogen-bond acceptors (Lipinski definition) is 4. The Morgan fingerprint density at radius 1 is 1.32 bits per heavy atom. The topological polar surface area (TPSA) is 93.1 Å². The molecule has 0 aromatic rings. The number of phosphoric ester groups is 1. The van der Waals surface area contributed by atoms with E-state index in [0.29, 0.717) is 6.42 Å². The van der Waals surface area contributed by atoms with Crippen LogP contribution >= 0.6 is 7.82 Å². The maximum absolute atomic E-state index is 11.4. The average molecular weight is 294 g/mol. The second-order valence-electron chi connectivity index (χ2n) is 4.44. The minimum Gasteiger partial charge on any atom is -0.457 e. The number of ether oxygens (including phenoxy) is 1. The summed E-state index contributed by atoms with van der Waals surface area (Å²) >= 11 is 0. The smallest absolute Gasteiger partial charge is 0.457 e. The van der Waals surface area contributed by atoms with Crippen LogP contribution in [0.3, 0.4) is 0 Å². The van der Waals surface area contributed by atoms with E-state index in [1.807, 2.05) is 0 Å². The molecule has 0 aliphatic rings. The second kappa shape index (κ2) is 9.26. The minimum atomic E-state index is -4.55. The van der Waals surface area contributed by atoms with Crippen molar-refractivity contribution in [1.29, 1.82) is 0 Å². The molecule has 19 heavy (non-hydrogen) atoms. The van der Waals surface area contributed by atoms with E-state index in [1.165, 1.54) is 6.92 Å². The van der Waals surface area contributed by atoms with Crippen molar-refractivity contribution in [2.75, 3.05) is 6.61 Å². The minimum absolute atomic E-state index is 0.245. The fourth-order valence-electron chi connectivity index (χ4n) is 1.41. The first-order chi connectivity index (χ1) is 8.76. The van der Waals surface area contributed by atoms with Crippen molar-refractivity contribution in [2.24, 2.45) is 0 Å². The van der Waals surface area contributed by atoms with Crippen molar-refractivity contribution in [3.05, 3.63) is 12.2 Å². The Balaban J connectivity index is 4.25. The first-order valence-corrected chi connectivity index (χ1v) is 7.86. The Kier molecular flexibility index (Phi) is 8.93. The summed E-state index contributed by atoms with van der Waals surface area (Å²) in [5, 5.41) is 0. The maximum Gasteiger partial charge on any atom is 0.469 e. The van der Waals surface area contributed by atoms with Crippen LogP contribution in [0.4, 0.5) is 0 Å². The molecule has 2 N–H and O–H groups in total. The normalized spacial score (nSPS) is 13.1. The summed E-state index contributed by atoms with van der Waals surface area (Å²) in [7, 11) is -4.55. The fraction of sp³-hybridized carbons (Fsp3) is 0.750. The van der Waals surface area contributed by atoms with Gasteiger partial charge in [-0.1, -0.05) is 32.8 Å².